The van der Waals surface area contributed by atoms with Crippen molar-refractivity contribution in [3.05, 3.63) is 0 Å². The molecular weight excluding hydrogens is 226 g/mol. The number of carbonyl (C=O) groups is 1. The molecule has 16 heavy (non-hydrogen) atoms. The number of likely N-dealkylation sites (N-methyl/N-ethyl adjacent to an activating group) is 1. The van der Waals surface area contributed by atoms with Gasteiger partial charge in [0, 0.05) is 26.7 Å². The normalized spacial score (nSPS) is 26.0. The summed E-state index contributed by atoms with van der Waals surface area (Å²) in [5, 5.41) is 0. The topological polar surface area (TPSA) is 49.6 Å². The minimum Gasteiger partial charge on any atom is -0.348 e. The Morgan fingerprint density at radius 1 is 1.50 bits per heavy atom. The first-order valence-electron chi connectivity index (χ1n) is 5.68. The Kier molecular flexibility index (Phi) is 6.95. The average molecular weight is 250 g/mol. The van der Waals surface area contributed by atoms with Crippen molar-refractivity contribution in [3.63, 3.8) is 0 Å². The minimum absolute atomic E-state index is 0. The molecular formula is C11H24ClN3O. The third-order valence-corrected chi connectivity index (χ3v) is 3.21. The van der Waals surface area contributed by atoms with Crippen LogP contribution in [0.25, 0.3) is 0 Å². The first-order valence-corrected chi connectivity index (χ1v) is 5.68. The van der Waals surface area contributed by atoms with Crippen molar-refractivity contribution in [1.29, 1.82) is 0 Å². The summed E-state index contributed by atoms with van der Waals surface area (Å²) in [5.41, 5.74) is 5.74. The highest BCUT2D eigenvalue weighted by atomic mass is 35.5. The number of rotatable bonds is 3. The number of halogens is 1. The van der Waals surface area contributed by atoms with Crippen molar-refractivity contribution in [2.45, 2.75) is 25.8 Å². The van der Waals surface area contributed by atoms with Crippen LogP contribution in [0.3, 0.4) is 0 Å². The first kappa shape index (κ1) is 15.7. The van der Waals surface area contributed by atoms with Gasteiger partial charge >= 0.3 is 0 Å². The molecule has 1 amide bonds. The Labute approximate surface area is 105 Å². The van der Waals surface area contributed by atoms with Crippen LogP contribution in [0.15, 0.2) is 0 Å². The summed E-state index contributed by atoms with van der Waals surface area (Å²) in [5.74, 6) is 0.910. The molecule has 1 aliphatic rings. The van der Waals surface area contributed by atoms with Crippen molar-refractivity contribution in [2.75, 3.05) is 33.7 Å². The average Bonchev–Trinajstić information content (AvgIpc) is 2.20. The molecule has 1 rings (SSSR count). The standard InChI is InChI=1S/C11H23N3O.ClH/c1-9-4-5-14(10(6-9)7-12)8-11(15)13(2)3;/h9-10H,4-8,12H2,1-3H3;1H. The third-order valence-electron chi connectivity index (χ3n) is 3.21. The van der Waals surface area contributed by atoms with E-state index in [-0.39, 0.29) is 18.3 Å². The van der Waals surface area contributed by atoms with E-state index in [0.29, 0.717) is 19.1 Å². The zero-order valence-electron chi connectivity index (χ0n) is 10.5. The van der Waals surface area contributed by atoms with Gasteiger partial charge in [-0.25, -0.2) is 0 Å². The van der Waals surface area contributed by atoms with Crippen LogP contribution in [0.4, 0.5) is 0 Å². The molecule has 2 unspecified atom stereocenters. The molecule has 2 atom stereocenters. The summed E-state index contributed by atoms with van der Waals surface area (Å²) < 4.78 is 0. The summed E-state index contributed by atoms with van der Waals surface area (Å²) in [6, 6.07) is 0.387. The lowest BCUT2D eigenvalue weighted by atomic mass is 9.92. The van der Waals surface area contributed by atoms with Crippen molar-refractivity contribution in [2.24, 2.45) is 11.7 Å². The van der Waals surface area contributed by atoms with Crippen LogP contribution in [-0.4, -0.2) is 55.5 Å². The lowest BCUT2D eigenvalue weighted by Gasteiger charge is -2.37. The van der Waals surface area contributed by atoms with E-state index < -0.39 is 0 Å². The van der Waals surface area contributed by atoms with Crippen LogP contribution in [0.1, 0.15) is 19.8 Å². The molecule has 1 heterocycles. The van der Waals surface area contributed by atoms with Gasteiger partial charge in [0.1, 0.15) is 0 Å². The molecule has 4 nitrogen and oxygen atoms in total. The predicted molar refractivity (Wildman–Crippen MR) is 68.8 cm³/mol. The largest absolute Gasteiger partial charge is 0.348 e. The second kappa shape index (κ2) is 7.09. The van der Waals surface area contributed by atoms with Gasteiger partial charge in [-0.1, -0.05) is 6.92 Å². The van der Waals surface area contributed by atoms with Crippen molar-refractivity contribution < 1.29 is 4.79 Å². The Hall–Kier alpha value is -0.320. The van der Waals surface area contributed by atoms with Gasteiger partial charge < -0.3 is 10.6 Å². The number of carbonyl (C=O) groups excluding carboxylic acids is 1. The van der Waals surface area contributed by atoms with E-state index in [9.17, 15) is 4.79 Å². The monoisotopic (exact) mass is 249 g/mol. The SMILES string of the molecule is CC1CCN(CC(=O)N(C)C)C(CN)C1.Cl. The maximum absolute atomic E-state index is 11.6. The van der Waals surface area contributed by atoms with E-state index in [0.717, 1.165) is 18.9 Å². The number of hydrogen-bond donors (Lipinski definition) is 1. The number of likely N-dealkylation sites (tertiary alicyclic amines) is 1. The molecule has 5 heteroatoms. The van der Waals surface area contributed by atoms with Crippen LogP contribution in [0.5, 0.6) is 0 Å². The van der Waals surface area contributed by atoms with Gasteiger partial charge in [-0.2, -0.15) is 0 Å². The molecule has 1 saturated heterocycles. The fourth-order valence-electron chi connectivity index (χ4n) is 2.07. The van der Waals surface area contributed by atoms with E-state index in [1.54, 1.807) is 19.0 Å². The number of amides is 1. The summed E-state index contributed by atoms with van der Waals surface area (Å²) in [6.07, 6.45) is 2.30. The molecule has 1 fully saturated rings. The highest BCUT2D eigenvalue weighted by molar-refractivity contribution is 5.85. The molecule has 2 N–H and O–H groups in total. The van der Waals surface area contributed by atoms with Gasteiger partial charge in [-0.05, 0) is 25.3 Å². The molecule has 0 spiro atoms. The van der Waals surface area contributed by atoms with E-state index in [4.69, 9.17) is 5.73 Å². The molecule has 0 aliphatic carbocycles. The molecule has 0 bridgehead atoms. The zero-order valence-corrected chi connectivity index (χ0v) is 11.3. The van der Waals surface area contributed by atoms with E-state index in [2.05, 4.69) is 11.8 Å². The van der Waals surface area contributed by atoms with Gasteiger partial charge in [0.15, 0.2) is 0 Å². The summed E-state index contributed by atoms with van der Waals surface area (Å²) in [7, 11) is 3.60. The fourth-order valence-corrected chi connectivity index (χ4v) is 2.07. The molecule has 96 valence electrons. The number of nitrogens with zero attached hydrogens (tertiary/aromatic N) is 2. The molecule has 0 saturated carbocycles. The van der Waals surface area contributed by atoms with E-state index in [1.807, 2.05) is 0 Å². The summed E-state index contributed by atoms with van der Waals surface area (Å²) >= 11 is 0. The van der Waals surface area contributed by atoms with Crippen molar-refractivity contribution >= 4 is 18.3 Å². The molecule has 0 radical (unpaired) electrons. The fraction of sp³-hybridized carbons (Fsp3) is 0.909. The second-order valence-corrected chi connectivity index (χ2v) is 4.78. The molecule has 1 aliphatic heterocycles. The Balaban J connectivity index is 0.00000225. The smallest absolute Gasteiger partial charge is 0.236 e. The molecule has 0 aromatic rings. The Morgan fingerprint density at radius 3 is 2.62 bits per heavy atom. The van der Waals surface area contributed by atoms with Crippen molar-refractivity contribution in [1.82, 2.24) is 9.80 Å². The summed E-state index contributed by atoms with van der Waals surface area (Å²) in [6.45, 7) is 4.43. The first-order chi connectivity index (χ1) is 7.04. The molecule has 0 aromatic heterocycles. The van der Waals surface area contributed by atoms with Gasteiger partial charge in [0.25, 0.3) is 0 Å². The third kappa shape index (κ3) is 4.28. The second-order valence-electron chi connectivity index (χ2n) is 4.78. The summed E-state index contributed by atoms with van der Waals surface area (Å²) in [4.78, 5) is 15.5. The highest BCUT2D eigenvalue weighted by Gasteiger charge is 2.26. The van der Waals surface area contributed by atoms with Gasteiger partial charge in [0.2, 0.25) is 5.91 Å². The Morgan fingerprint density at radius 2 is 2.12 bits per heavy atom. The number of piperidine rings is 1. The Bertz CT molecular complexity index is 223. The predicted octanol–water partition coefficient (Wildman–Crippen LogP) is 0.556. The van der Waals surface area contributed by atoms with Crippen LogP contribution in [0, 0.1) is 5.92 Å². The zero-order chi connectivity index (χ0) is 11.4. The lowest BCUT2D eigenvalue weighted by Crippen LogP contribution is -2.49. The van der Waals surface area contributed by atoms with Crippen molar-refractivity contribution in [3.8, 4) is 0 Å². The van der Waals surface area contributed by atoms with Crippen LogP contribution in [-0.2, 0) is 4.79 Å². The number of hydrogen-bond acceptors (Lipinski definition) is 3. The minimum atomic E-state index is 0. The van der Waals surface area contributed by atoms with E-state index >= 15 is 0 Å². The lowest BCUT2D eigenvalue weighted by molar-refractivity contribution is -0.131. The molecule has 0 aromatic carbocycles. The van der Waals surface area contributed by atoms with Crippen LogP contribution >= 0.6 is 12.4 Å². The van der Waals surface area contributed by atoms with Crippen LogP contribution in [0.2, 0.25) is 0 Å². The van der Waals surface area contributed by atoms with E-state index in [1.165, 1.54) is 6.42 Å². The van der Waals surface area contributed by atoms with Gasteiger partial charge in [0.05, 0.1) is 6.54 Å². The maximum Gasteiger partial charge on any atom is 0.236 e. The quantitative estimate of drug-likeness (QED) is 0.795. The van der Waals surface area contributed by atoms with Gasteiger partial charge in [-0.15, -0.1) is 12.4 Å². The van der Waals surface area contributed by atoms with Crippen LogP contribution < -0.4 is 5.73 Å². The number of nitrogens with two attached hydrogens (primary N) is 1. The highest BCUT2D eigenvalue weighted by Crippen LogP contribution is 2.21. The van der Waals surface area contributed by atoms with Gasteiger partial charge in [-0.3, -0.25) is 9.69 Å². The maximum atomic E-state index is 11.6.